The molecular weight excluding hydrogens is 1270 g/mol. The van der Waals surface area contributed by atoms with Crippen molar-refractivity contribution in [1.82, 2.24) is 57.7 Å². The van der Waals surface area contributed by atoms with Gasteiger partial charge < -0.3 is 85.9 Å². The molecule has 30 heteroatoms. The number of likely N-dealkylation sites (tertiary alicyclic amines) is 1. The normalized spacial score (nSPS) is 15.1. The van der Waals surface area contributed by atoms with Crippen LogP contribution in [0.25, 0.3) is 10.8 Å². The van der Waals surface area contributed by atoms with Gasteiger partial charge in [-0.25, -0.2) is 4.79 Å². The maximum Gasteiger partial charge on any atom is 0.312 e. The number of aliphatic hydroxyl groups excluding tert-OH is 1. The first-order valence-electron chi connectivity index (χ1n) is 31.8. The zero-order valence-electron chi connectivity index (χ0n) is 54.3. The molecule has 29 nitrogen and oxygen atoms in total. The first-order chi connectivity index (χ1) is 46.3. The van der Waals surface area contributed by atoms with Crippen LogP contribution in [0.5, 0.6) is 5.75 Å². The molecule has 5 aromatic rings. The fourth-order valence-electron chi connectivity index (χ4n) is 11.0. The summed E-state index contributed by atoms with van der Waals surface area (Å²) in [6.45, 7) is 3.94. The third-order valence-corrected chi connectivity index (χ3v) is 16.2. The van der Waals surface area contributed by atoms with Crippen molar-refractivity contribution in [3.05, 3.63) is 143 Å². The number of carbonyl (C=O) groups excluding carboxylic acids is 11. The number of guanidine groups is 1. The second kappa shape index (κ2) is 37.6. The average Bonchev–Trinajstić information content (AvgIpc) is 1.55. The molecule has 12 amide bonds. The number of aliphatic hydroxyl groups is 1. The maximum atomic E-state index is 14.8. The summed E-state index contributed by atoms with van der Waals surface area (Å²) in [5.41, 5.74) is 24.1. The second-order valence-corrected chi connectivity index (χ2v) is 24.6. The Morgan fingerprint density at radius 1 is 0.577 bits per heavy atom. The van der Waals surface area contributed by atoms with E-state index in [2.05, 4.69) is 57.8 Å². The van der Waals surface area contributed by atoms with Gasteiger partial charge in [0.25, 0.3) is 0 Å². The first-order valence-corrected chi connectivity index (χ1v) is 32.2. The van der Waals surface area contributed by atoms with Crippen molar-refractivity contribution in [2.45, 2.75) is 146 Å². The molecule has 0 saturated carbocycles. The highest BCUT2D eigenvalue weighted by molar-refractivity contribution is 6.30. The van der Waals surface area contributed by atoms with Crippen molar-refractivity contribution in [2.24, 2.45) is 33.8 Å². The molecule has 97 heavy (non-hydrogen) atoms. The number of urea groups is 1. The number of aromatic hydroxyl groups is 1. The van der Waals surface area contributed by atoms with Gasteiger partial charge in [0.15, 0.2) is 5.96 Å². The van der Waals surface area contributed by atoms with Gasteiger partial charge in [-0.05, 0) is 114 Å². The predicted molar refractivity (Wildman–Crippen MR) is 361 cm³/mol. The number of halogens is 1. The van der Waals surface area contributed by atoms with Gasteiger partial charge in [-0.15, -0.1) is 0 Å². The minimum atomic E-state index is -1.84. The number of nitrogens with zero attached hydrogens (tertiary/aromatic N) is 3. The topological polar surface area (TPSA) is 469 Å². The summed E-state index contributed by atoms with van der Waals surface area (Å²) in [5, 5.41) is 47.0. The Labute approximate surface area is 566 Å². The number of aliphatic imine (C=N–C) groups is 1. The number of phenols is 1. The molecule has 1 aliphatic heterocycles. The van der Waals surface area contributed by atoms with E-state index in [-0.39, 0.29) is 95.0 Å². The summed E-state index contributed by atoms with van der Waals surface area (Å²) < 4.78 is 0. The summed E-state index contributed by atoms with van der Waals surface area (Å²) in [6.07, 6.45) is 3.10. The minimum absolute atomic E-state index is 0.0127. The van der Waals surface area contributed by atoms with E-state index in [1.54, 1.807) is 50.2 Å². The lowest BCUT2D eigenvalue weighted by molar-refractivity contribution is -0.141. The molecular formula is C67H87ClN16O13. The number of pyridine rings is 1. The molecule has 1 aliphatic rings. The van der Waals surface area contributed by atoms with Crippen molar-refractivity contribution in [3.8, 4) is 5.75 Å². The molecule has 6 rings (SSSR count). The van der Waals surface area contributed by atoms with Crippen LogP contribution in [0.15, 0.2) is 121 Å². The molecule has 19 N–H and O–H groups in total. The van der Waals surface area contributed by atoms with Crippen molar-refractivity contribution in [3.63, 3.8) is 0 Å². The van der Waals surface area contributed by atoms with Gasteiger partial charge >= 0.3 is 6.03 Å². The predicted octanol–water partition coefficient (Wildman–Crippen LogP) is -0.221. The van der Waals surface area contributed by atoms with Crippen LogP contribution in [0, 0.1) is 5.92 Å². The highest BCUT2D eigenvalue weighted by Gasteiger charge is 2.39. The third kappa shape index (κ3) is 24.7. The van der Waals surface area contributed by atoms with E-state index in [0.29, 0.717) is 40.1 Å². The van der Waals surface area contributed by atoms with Gasteiger partial charge in [-0.3, -0.25) is 57.9 Å². The van der Waals surface area contributed by atoms with Crippen LogP contribution in [0.4, 0.5) is 4.79 Å². The van der Waals surface area contributed by atoms with Crippen LogP contribution in [0.1, 0.15) is 88.0 Å². The zero-order chi connectivity index (χ0) is 70.7. The molecule has 0 radical (unpaired) electrons. The molecule has 4 aromatic carbocycles. The molecule has 9 atom stereocenters. The van der Waals surface area contributed by atoms with Crippen LogP contribution in [0.2, 0.25) is 5.02 Å². The maximum absolute atomic E-state index is 14.8. The molecule has 1 fully saturated rings. The summed E-state index contributed by atoms with van der Waals surface area (Å²) in [7, 11) is 0. The smallest absolute Gasteiger partial charge is 0.312 e. The van der Waals surface area contributed by atoms with Gasteiger partial charge in [0.1, 0.15) is 60.1 Å². The molecule has 1 aromatic heterocycles. The number of hydrogen-bond donors (Lipinski definition) is 15. The third-order valence-electron chi connectivity index (χ3n) is 15.9. The lowest BCUT2D eigenvalue weighted by Gasteiger charge is -2.30. The van der Waals surface area contributed by atoms with E-state index < -0.39 is 126 Å². The average molecular weight is 1360 g/mol. The number of nitrogens with one attached hydrogen (secondary N) is 9. The molecule has 0 bridgehead atoms. The van der Waals surface area contributed by atoms with Crippen LogP contribution in [-0.2, 0) is 73.6 Å². The second-order valence-electron chi connectivity index (χ2n) is 24.1. The Balaban J connectivity index is 1.25. The van der Waals surface area contributed by atoms with Crippen LogP contribution in [0.3, 0.4) is 0 Å². The lowest BCUT2D eigenvalue weighted by atomic mass is 9.99. The summed E-state index contributed by atoms with van der Waals surface area (Å²) in [6, 6.07) is 14.9. The van der Waals surface area contributed by atoms with E-state index >= 15 is 0 Å². The van der Waals surface area contributed by atoms with Crippen LogP contribution < -0.4 is 70.8 Å². The fourth-order valence-corrected chi connectivity index (χ4v) is 11.2. The van der Waals surface area contributed by atoms with Crippen molar-refractivity contribution >= 4 is 93.4 Å². The quantitative estimate of drug-likeness (QED) is 0.0140. The fraction of sp³-hybridized carbons (Fsp3) is 0.418. The Bertz CT molecular complexity index is 3580. The number of carbonyl (C=O) groups is 11. The van der Waals surface area contributed by atoms with Crippen molar-refractivity contribution in [2.75, 3.05) is 26.2 Å². The lowest BCUT2D eigenvalue weighted by Crippen LogP contribution is -2.61. The van der Waals surface area contributed by atoms with E-state index in [0.717, 1.165) is 10.8 Å². The first kappa shape index (κ1) is 75.6. The van der Waals surface area contributed by atoms with Gasteiger partial charge in [0.05, 0.1) is 6.61 Å². The van der Waals surface area contributed by atoms with E-state index in [9.17, 15) is 63.0 Å². The van der Waals surface area contributed by atoms with Crippen LogP contribution >= 0.6 is 11.6 Å². The number of hydrogen-bond acceptors (Lipinski definition) is 15. The Kier molecular flexibility index (Phi) is 29.3. The standard InChI is InChI=1S/C67H87ClN16O13/c1-38(2)30-50(59(90)78-49(14-8-27-74-66(70)71)65(96)84-29-9-15-56(84)57(69)88)79-58(89)48(13-7-28-75-67(72)97)77-61(92)52(33-41-19-24-47(87)25-20-41)82-64(95)55(37-85)83-63(94)54(35-43-10-6-26-73-36-43)81-62(93)53(32-40-17-22-46(68)23-18-40)80-60(91)51(76-39(3)86)34-42-16-21-44-11-4-5-12-45(44)31-42/h4-6,10-12,16-26,31,36,38,48-56,85,87H,7-9,13-15,27-30,32-35,37H2,1-3H3,(H2,69,88)(H,76,86)(H,77,92)(H,78,90)(H,79,89)(H,80,91)(H,81,93)(H,82,95)(H,83,94)(H4,70,71,74)(H3,72,75,97)/t48-,49+,50+,51-,52+,53-,54-,55+,56+/m1/s1. The van der Waals surface area contributed by atoms with E-state index in [1.807, 2.05) is 42.5 Å². The van der Waals surface area contributed by atoms with Gasteiger partial charge in [0, 0.05) is 69.7 Å². The summed E-state index contributed by atoms with van der Waals surface area (Å²) in [4.78, 5) is 162. The molecule has 0 unspecified atom stereocenters. The molecule has 520 valence electrons. The molecule has 2 heterocycles. The zero-order valence-corrected chi connectivity index (χ0v) is 55.0. The Morgan fingerprint density at radius 2 is 1.07 bits per heavy atom. The van der Waals surface area contributed by atoms with Crippen molar-refractivity contribution in [1.29, 1.82) is 0 Å². The van der Waals surface area contributed by atoms with Crippen molar-refractivity contribution < 1.29 is 63.0 Å². The SMILES string of the molecule is CC(=O)N[C@H](Cc1ccc2ccccc2c1)C(=O)N[C@H](Cc1ccc(Cl)cc1)C(=O)N[C@H](Cc1cccnc1)C(=O)N[C@@H](CO)C(=O)N[C@@H](Cc1ccc(O)cc1)C(=O)N[C@H](CCCNC(N)=O)C(=O)N[C@@H](CC(C)C)C(=O)N[C@@H](CCCN=C(N)N)C(=O)N1CCC[C@H]1C(N)=O. The summed E-state index contributed by atoms with van der Waals surface area (Å²) >= 11 is 6.22. The number of rotatable bonds is 36. The van der Waals surface area contributed by atoms with E-state index in [1.165, 1.54) is 48.5 Å². The number of aromatic nitrogens is 1. The Hall–Kier alpha value is -10.4. The number of primary amides is 2. The minimum Gasteiger partial charge on any atom is -0.508 e. The highest BCUT2D eigenvalue weighted by Crippen LogP contribution is 2.22. The van der Waals surface area contributed by atoms with Gasteiger partial charge in [-0.1, -0.05) is 98.2 Å². The molecule has 1 saturated heterocycles. The number of nitrogens with two attached hydrogens (primary N) is 4. The summed E-state index contributed by atoms with van der Waals surface area (Å²) in [5.74, 6) is -8.85. The number of benzene rings is 4. The van der Waals surface area contributed by atoms with Crippen LogP contribution in [-0.4, -0.2) is 172 Å². The van der Waals surface area contributed by atoms with E-state index in [4.69, 9.17) is 34.5 Å². The number of amides is 12. The molecule has 0 spiro atoms. The monoisotopic (exact) mass is 1360 g/mol. The van der Waals surface area contributed by atoms with Gasteiger partial charge in [-0.2, -0.15) is 0 Å². The highest BCUT2D eigenvalue weighted by atomic mass is 35.5. The largest absolute Gasteiger partial charge is 0.508 e. The molecule has 0 aliphatic carbocycles. The Morgan fingerprint density at radius 3 is 1.63 bits per heavy atom. The number of phenolic OH excluding ortho intramolecular Hbond substituents is 1. The van der Waals surface area contributed by atoms with Gasteiger partial charge in [0.2, 0.25) is 59.1 Å². The number of fused-ring (bicyclic) bond motifs is 1.